The van der Waals surface area contributed by atoms with Gasteiger partial charge in [0.1, 0.15) is 6.54 Å². The molecule has 8 nitrogen and oxygen atoms in total. The number of benzene rings is 1. The van der Waals surface area contributed by atoms with Gasteiger partial charge in [0.15, 0.2) is 5.82 Å². The monoisotopic (exact) mass is 354 g/mol. The number of hydrogen-bond acceptors (Lipinski definition) is 5. The molecule has 0 radical (unpaired) electrons. The van der Waals surface area contributed by atoms with Crippen molar-refractivity contribution in [2.75, 3.05) is 13.2 Å². The lowest BCUT2D eigenvalue weighted by molar-refractivity contribution is 0.0596. The molecule has 8 heteroatoms. The summed E-state index contributed by atoms with van der Waals surface area (Å²) < 4.78 is 10.8. The fraction of sp³-hybridized carbons (Fsp3) is 0.444. The highest BCUT2D eigenvalue weighted by molar-refractivity contribution is 5.15. The van der Waals surface area contributed by atoms with Gasteiger partial charge in [-0.2, -0.15) is 0 Å². The Morgan fingerprint density at radius 3 is 2.69 bits per heavy atom. The number of aromatic nitrogens is 6. The smallest absolute Gasteiger partial charge is 0.267 e. The van der Waals surface area contributed by atoms with Crippen molar-refractivity contribution in [1.29, 1.82) is 0 Å². The summed E-state index contributed by atoms with van der Waals surface area (Å²) in [6.07, 6.45) is 3.84. The zero-order valence-corrected chi connectivity index (χ0v) is 14.6. The standard InChI is InChI=1S/C18H22N6O2/c25-18-6-9-22(12-15-4-2-1-3-5-15)24(18)14-17-19-20-21-23(17)13-16-7-10-26-11-8-16/h1-6,9,16H,7-8,10-14H2. The van der Waals surface area contributed by atoms with Gasteiger partial charge in [0.25, 0.3) is 5.56 Å². The van der Waals surface area contributed by atoms with E-state index in [9.17, 15) is 4.79 Å². The number of ether oxygens (including phenoxy) is 1. The highest BCUT2D eigenvalue weighted by Crippen LogP contribution is 2.17. The van der Waals surface area contributed by atoms with Gasteiger partial charge in [0, 0.05) is 32.0 Å². The van der Waals surface area contributed by atoms with Gasteiger partial charge in [-0.3, -0.25) is 9.48 Å². The van der Waals surface area contributed by atoms with Gasteiger partial charge in [-0.25, -0.2) is 9.36 Å². The number of rotatable bonds is 6. The molecule has 26 heavy (non-hydrogen) atoms. The second-order valence-corrected chi connectivity index (χ2v) is 6.63. The van der Waals surface area contributed by atoms with E-state index >= 15 is 0 Å². The van der Waals surface area contributed by atoms with Gasteiger partial charge in [0.2, 0.25) is 0 Å². The fourth-order valence-electron chi connectivity index (χ4n) is 3.31. The predicted molar refractivity (Wildman–Crippen MR) is 94.7 cm³/mol. The zero-order chi connectivity index (χ0) is 17.8. The van der Waals surface area contributed by atoms with Crippen LogP contribution in [-0.2, 0) is 24.4 Å². The van der Waals surface area contributed by atoms with Crippen molar-refractivity contribution in [3.05, 3.63) is 64.3 Å². The molecule has 136 valence electrons. The molecule has 4 rings (SSSR count). The second kappa shape index (κ2) is 7.65. The van der Waals surface area contributed by atoms with Gasteiger partial charge < -0.3 is 4.74 Å². The molecule has 0 aliphatic carbocycles. The van der Waals surface area contributed by atoms with Crippen LogP contribution in [0.5, 0.6) is 0 Å². The Labute approximate surface area is 151 Å². The molecule has 1 aliphatic rings. The lowest BCUT2D eigenvalue weighted by atomic mass is 10.0. The van der Waals surface area contributed by atoms with Crippen molar-refractivity contribution in [3.63, 3.8) is 0 Å². The van der Waals surface area contributed by atoms with Crippen LogP contribution in [0.3, 0.4) is 0 Å². The summed E-state index contributed by atoms with van der Waals surface area (Å²) in [4.78, 5) is 12.3. The van der Waals surface area contributed by atoms with E-state index in [-0.39, 0.29) is 5.56 Å². The van der Waals surface area contributed by atoms with Crippen LogP contribution in [0.25, 0.3) is 0 Å². The zero-order valence-electron chi connectivity index (χ0n) is 14.6. The van der Waals surface area contributed by atoms with Crippen LogP contribution in [-0.4, -0.2) is 42.8 Å². The molecule has 0 amide bonds. The summed E-state index contributed by atoms with van der Waals surface area (Å²) >= 11 is 0. The van der Waals surface area contributed by atoms with Crippen LogP contribution < -0.4 is 5.56 Å². The number of tetrazole rings is 1. The Balaban J connectivity index is 1.52. The topological polar surface area (TPSA) is 79.8 Å². The first-order chi connectivity index (χ1) is 12.8. The summed E-state index contributed by atoms with van der Waals surface area (Å²) in [6, 6.07) is 11.6. The normalized spacial score (nSPS) is 15.4. The fourth-order valence-corrected chi connectivity index (χ4v) is 3.31. The molecule has 0 unspecified atom stereocenters. The van der Waals surface area contributed by atoms with Crippen molar-refractivity contribution in [1.82, 2.24) is 29.6 Å². The molecule has 2 aromatic heterocycles. The molecule has 1 aromatic carbocycles. The molecule has 0 atom stereocenters. The highest BCUT2D eigenvalue weighted by Gasteiger charge is 2.18. The van der Waals surface area contributed by atoms with E-state index in [0.717, 1.165) is 38.2 Å². The van der Waals surface area contributed by atoms with Gasteiger partial charge in [-0.1, -0.05) is 30.3 Å². The molecule has 0 bridgehead atoms. The molecule has 1 fully saturated rings. The maximum Gasteiger partial charge on any atom is 0.267 e. The third-order valence-corrected chi connectivity index (χ3v) is 4.81. The lowest BCUT2D eigenvalue weighted by Crippen LogP contribution is -2.27. The van der Waals surface area contributed by atoms with E-state index in [1.807, 2.05) is 45.9 Å². The number of hydrogen-bond donors (Lipinski definition) is 0. The van der Waals surface area contributed by atoms with Gasteiger partial charge >= 0.3 is 0 Å². The summed E-state index contributed by atoms with van der Waals surface area (Å²) in [5.41, 5.74) is 1.08. The SMILES string of the molecule is O=c1ccn(Cc2ccccc2)n1Cc1nnnn1CC1CCOCC1. The van der Waals surface area contributed by atoms with E-state index in [2.05, 4.69) is 15.5 Å². The number of nitrogens with zero attached hydrogens (tertiary/aromatic N) is 6. The Morgan fingerprint density at radius 2 is 1.88 bits per heavy atom. The van der Waals surface area contributed by atoms with Gasteiger partial charge in [-0.05, 0) is 34.7 Å². The second-order valence-electron chi connectivity index (χ2n) is 6.63. The van der Waals surface area contributed by atoms with E-state index in [1.54, 1.807) is 10.7 Å². The Morgan fingerprint density at radius 1 is 1.08 bits per heavy atom. The molecule has 1 aliphatic heterocycles. The molecule has 3 aromatic rings. The van der Waals surface area contributed by atoms with E-state index in [4.69, 9.17) is 4.74 Å². The molecule has 1 saturated heterocycles. The van der Waals surface area contributed by atoms with Gasteiger partial charge in [0.05, 0.1) is 6.54 Å². The van der Waals surface area contributed by atoms with Crippen LogP contribution in [0.2, 0.25) is 0 Å². The van der Waals surface area contributed by atoms with Crippen LogP contribution in [0.1, 0.15) is 24.2 Å². The molecule has 0 N–H and O–H groups in total. The van der Waals surface area contributed by atoms with Crippen LogP contribution >= 0.6 is 0 Å². The minimum Gasteiger partial charge on any atom is -0.381 e. The van der Waals surface area contributed by atoms with Crippen molar-refractivity contribution < 1.29 is 4.74 Å². The average molecular weight is 354 g/mol. The summed E-state index contributed by atoms with van der Waals surface area (Å²) in [6.45, 7) is 3.34. The highest BCUT2D eigenvalue weighted by atomic mass is 16.5. The third kappa shape index (κ3) is 3.75. The maximum atomic E-state index is 12.3. The largest absolute Gasteiger partial charge is 0.381 e. The van der Waals surface area contributed by atoms with Crippen LogP contribution in [0.4, 0.5) is 0 Å². The molecule has 0 spiro atoms. The molecular weight excluding hydrogens is 332 g/mol. The third-order valence-electron chi connectivity index (χ3n) is 4.81. The molecule has 3 heterocycles. The summed E-state index contributed by atoms with van der Waals surface area (Å²) in [5.74, 6) is 1.21. The van der Waals surface area contributed by atoms with Gasteiger partial charge in [-0.15, -0.1) is 5.10 Å². The first-order valence-electron chi connectivity index (χ1n) is 8.92. The van der Waals surface area contributed by atoms with Crippen molar-refractivity contribution >= 4 is 0 Å². The average Bonchev–Trinajstić information content (AvgIpc) is 3.25. The first kappa shape index (κ1) is 16.7. The predicted octanol–water partition coefficient (Wildman–Crippen LogP) is 1.16. The quantitative estimate of drug-likeness (QED) is 0.664. The maximum absolute atomic E-state index is 12.3. The molecule has 0 saturated carbocycles. The van der Waals surface area contributed by atoms with Crippen molar-refractivity contribution in [3.8, 4) is 0 Å². The minimum atomic E-state index is -0.0541. The minimum absolute atomic E-state index is 0.0541. The summed E-state index contributed by atoms with van der Waals surface area (Å²) in [5, 5.41) is 12.1. The van der Waals surface area contributed by atoms with E-state index < -0.39 is 0 Å². The Hall–Kier alpha value is -2.74. The van der Waals surface area contributed by atoms with Crippen molar-refractivity contribution in [2.24, 2.45) is 5.92 Å². The summed E-state index contributed by atoms with van der Waals surface area (Å²) in [7, 11) is 0. The van der Waals surface area contributed by atoms with E-state index in [0.29, 0.717) is 24.8 Å². The first-order valence-corrected chi connectivity index (χ1v) is 8.92. The van der Waals surface area contributed by atoms with Crippen molar-refractivity contribution in [2.45, 2.75) is 32.5 Å². The molecular formula is C18H22N6O2. The van der Waals surface area contributed by atoms with Crippen LogP contribution in [0, 0.1) is 5.92 Å². The van der Waals surface area contributed by atoms with Crippen LogP contribution in [0.15, 0.2) is 47.4 Å². The Bertz CT molecular complexity index is 892. The van der Waals surface area contributed by atoms with E-state index in [1.165, 1.54) is 0 Å². The lowest BCUT2D eigenvalue weighted by Gasteiger charge is -2.22. The Kier molecular flexibility index (Phi) is 4.92.